The highest BCUT2D eigenvalue weighted by Crippen LogP contribution is 2.08. The normalized spacial score (nSPS) is 9.06. The first-order valence-electron chi connectivity index (χ1n) is 5.25. The van der Waals surface area contributed by atoms with Crippen LogP contribution in [0, 0.1) is 0 Å². The van der Waals surface area contributed by atoms with E-state index >= 15 is 0 Å². The van der Waals surface area contributed by atoms with Crippen LogP contribution in [0.5, 0.6) is 0 Å². The van der Waals surface area contributed by atoms with Crippen molar-refractivity contribution < 1.29 is 9.59 Å². The second-order valence-electron chi connectivity index (χ2n) is 3.40. The molecule has 0 atom stereocenters. The lowest BCUT2D eigenvalue weighted by molar-refractivity contribution is -0.117. The lowest BCUT2D eigenvalue weighted by Gasteiger charge is -2.04. The van der Waals surface area contributed by atoms with Gasteiger partial charge < -0.3 is 10.6 Å². The van der Waals surface area contributed by atoms with Crippen molar-refractivity contribution in [1.29, 1.82) is 0 Å². The summed E-state index contributed by atoms with van der Waals surface area (Å²) < 4.78 is 0. The summed E-state index contributed by atoms with van der Waals surface area (Å²) in [6.07, 6.45) is 0.443. The van der Waals surface area contributed by atoms with Crippen molar-refractivity contribution in [1.82, 2.24) is 5.32 Å². The standard InChI is InChI=1S/C12H16N2O2.CH4/c1-3-11(15)8-14-12(16)9-4-6-10(13-2)7-5-9;/h4-7,13H,3,8H2,1-2H3,(H,14,16);1H4. The van der Waals surface area contributed by atoms with Gasteiger partial charge in [0.05, 0.1) is 6.54 Å². The van der Waals surface area contributed by atoms with E-state index in [1.165, 1.54) is 0 Å². The number of benzene rings is 1. The highest BCUT2D eigenvalue weighted by atomic mass is 16.2. The maximum absolute atomic E-state index is 11.6. The Kier molecular flexibility index (Phi) is 6.63. The van der Waals surface area contributed by atoms with Crippen molar-refractivity contribution in [3.63, 3.8) is 0 Å². The van der Waals surface area contributed by atoms with Gasteiger partial charge in [-0.25, -0.2) is 0 Å². The van der Waals surface area contributed by atoms with E-state index in [2.05, 4.69) is 10.6 Å². The molecule has 1 rings (SSSR count). The summed E-state index contributed by atoms with van der Waals surface area (Å²) in [5.74, 6) is -0.190. The molecule has 94 valence electrons. The lowest BCUT2D eigenvalue weighted by atomic mass is 10.2. The number of Topliss-reactive ketones (excluding diaryl/α,β-unsaturated/α-hetero) is 1. The van der Waals surface area contributed by atoms with Crippen LogP contribution >= 0.6 is 0 Å². The maximum Gasteiger partial charge on any atom is 0.251 e. The molecular formula is C13H20N2O2. The fourth-order valence-corrected chi connectivity index (χ4v) is 1.19. The molecule has 1 aromatic carbocycles. The van der Waals surface area contributed by atoms with E-state index in [4.69, 9.17) is 0 Å². The molecule has 0 aromatic heterocycles. The number of amides is 1. The van der Waals surface area contributed by atoms with Gasteiger partial charge in [-0.2, -0.15) is 0 Å². The quantitative estimate of drug-likeness (QED) is 0.823. The third kappa shape index (κ3) is 4.68. The predicted molar refractivity (Wildman–Crippen MR) is 70.4 cm³/mol. The zero-order chi connectivity index (χ0) is 12.0. The van der Waals surface area contributed by atoms with Gasteiger partial charge in [0.2, 0.25) is 0 Å². The van der Waals surface area contributed by atoms with Crippen molar-refractivity contribution >= 4 is 17.4 Å². The molecule has 0 heterocycles. The highest BCUT2D eigenvalue weighted by molar-refractivity contribution is 5.96. The molecule has 1 amide bonds. The van der Waals surface area contributed by atoms with Crippen molar-refractivity contribution in [3.05, 3.63) is 29.8 Å². The average Bonchev–Trinajstić information content (AvgIpc) is 2.35. The van der Waals surface area contributed by atoms with Gasteiger partial charge in [-0.3, -0.25) is 9.59 Å². The topological polar surface area (TPSA) is 58.2 Å². The molecule has 4 heteroatoms. The molecule has 0 aliphatic heterocycles. The SMILES string of the molecule is C.CCC(=O)CNC(=O)c1ccc(NC)cc1. The lowest BCUT2D eigenvalue weighted by Crippen LogP contribution is -2.29. The smallest absolute Gasteiger partial charge is 0.251 e. The van der Waals surface area contributed by atoms with Gasteiger partial charge in [-0.1, -0.05) is 14.4 Å². The second-order valence-corrected chi connectivity index (χ2v) is 3.40. The van der Waals surface area contributed by atoms with Gasteiger partial charge in [0.25, 0.3) is 5.91 Å². The van der Waals surface area contributed by atoms with Crippen molar-refractivity contribution in [3.8, 4) is 0 Å². The minimum atomic E-state index is -0.218. The molecule has 0 aliphatic rings. The fraction of sp³-hybridized carbons (Fsp3) is 0.385. The van der Waals surface area contributed by atoms with E-state index in [0.717, 1.165) is 5.69 Å². The van der Waals surface area contributed by atoms with Gasteiger partial charge in [0, 0.05) is 24.7 Å². The van der Waals surface area contributed by atoms with Crippen LogP contribution in [-0.2, 0) is 4.79 Å². The molecule has 0 unspecified atom stereocenters. The Balaban J connectivity index is 0.00000256. The van der Waals surface area contributed by atoms with Gasteiger partial charge in [0.1, 0.15) is 0 Å². The molecule has 0 radical (unpaired) electrons. The molecule has 2 N–H and O–H groups in total. The Morgan fingerprint density at radius 3 is 2.24 bits per heavy atom. The van der Waals surface area contributed by atoms with E-state index in [1.807, 2.05) is 19.2 Å². The molecule has 0 saturated carbocycles. The number of hydrogen-bond donors (Lipinski definition) is 2. The number of carbonyl (C=O) groups is 2. The number of carbonyl (C=O) groups excluding carboxylic acids is 2. The molecule has 0 fully saturated rings. The van der Waals surface area contributed by atoms with E-state index in [1.54, 1.807) is 19.1 Å². The third-order valence-corrected chi connectivity index (χ3v) is 2.28. The minimum absolute atomic E-state index is 0. The van der Waals surface area contributed by atoms with Crippen LogP contribution in [0.1, 0.15) is 31.1 Å². The maximum atomic E-state index is 11.6. The third-order valence-electron chi connectivity index (χ3n) is 2.28. The first kappa shape index (κ1) is 15.2. The predicted octanol–water partition coefficient (Wildman–Crippen LogP) is 2.07. The molecule has 4 nitrogen and oxygen atoms in total. The van der Waals surface area contributed by atoms with Crippen LogP contribution in [-0.4, -0.2) is 25.3 Å². The monoisotopic (exact) mass is 236 g/mol. The first-order chi connectivity index (χ1) is 7.67. The van der Waals surface area contributed by atoms with Gasteiger partial charge in [-0.05, 0) is 24.3 Å². The van der Waals surface area contributed by atoms with Crippen LogP contribution in [0.4, 0.5) is 5.69 Å². The van der Waals surface area contributed by atoms with Crippen LogP contribution < -0.4 is 10.6 Å². The number of nitrogens with one attached hydrogen (secondary N) is 2. The molecular weight excluding hydrogens is 216 g/mol. The first-order valence-corrected chi connectivity index (χ1v) is 5.25. The molecule has 0 spiro atoms. The molecule has 1 aromatic rings. The summed E-state index contributed by atoms with van der Waals surface area (Å²) >= 11 is 0. The summed E-state index contributed by atoms with van der Waals surface area (Å²) in [6.45, 7) is 1.87. The molecule has 0 aliphatic carbocycles. The van der Waals surface area contributed by atoms with Crippen LogP contribution in [0.25, 0.3) is 0 Å². The summed E-state index contributed by atoms with van der Waals surface area (Å²) in [6, 6.07) is 7.07. The van der Waals surface area contributed by atoms with Crippen molar-refractivity contribution in [2.45, 2.75) is 20.8 Å². The van der Waals surface area contributed by atoms with Crippen LogP contribution in [0.15, 0.2) is 24.3 Å². The Morgan fingerprint density at radius 2 is 1.76 bits per heavy atom. The molecule has 0 bridgehead atoms. The Labute approximate surface area is 102 Å². The Morgan fingerprint density at radius 1 is 1.18 bits per heavy atom. The molecule has 0 saturated heterocycles. The van der Waals surface area contributed by atoms with Crippen molar-refractivity contribution in [2.75, 3.05) is 18.9 Å². The molecule has 17 heavy (non-hydrogen) atoms. The fourth-order valence-electron chi connectivity index (χ4n) is 1.19. The van der Waals surface area contributed by atoms with Gasteiger partial charge in [0.15, 0.2) is 5.78 Å². The van der Waals surface area contributed by atoms with Crippen molar-refractivity contribution in [2.24, 2.45) is 0 Å². The Hall–Kier alpha value is -1.84. The van der Waals surface area contributed by atoms with Gasteiger partial charge >= 0.3 is 0 Å². The largest absolute Gasteiger partial charge is 0.388 e. The van der Waals surface area contributed by atoms with E-state index < -0.39 is 0 Å². The van der Waals surface area contributed by atoms with E-state index in [9.17, 15) is 9.59 Å². The average molecular weight is 236 g/mol. The number of rotatable bonds is 5. The highest BCUT2D eigenvalue weighted by Gasteiger charge is 2.06. The van der Waals surface area contributed by atoms with E-state index in [-0.39, 0.29) is 25.7 Å². The zero-order valence-electron chi connectivity index (χ0n) is 9.54. The number of anilines is 1. The number of ketones is 1. The summed E-state index contributed by atoms with van der Waals surface area (Å²) in [7, 11) is 1.81. The summed E-state index contributed by atoms with van der Waals surface area (Å²) in [5.41, 5.74) is 1.50. The summed E-state index contributed by atoms with van der Waals surface area (Å²) in [5, 5.41) is 5.54. The minimum Gasteiger partial charge on any atom is -0.388 e. The zero-order valence-corrected chi connectivity index (χ0v) is 9.54. The second kappa shape index (κ2) is 7.44. The van der Waals surface area contributed by atoms with E-state index in [0.29, 0.717) is 12.0 Å². The van der Waals surface area contributed by atoms with Crippen LogP contribution in [0.2, 0.25) is 0 Å². The van der Waals surface area contributed by atoms with Gasteiger partial charge in [-0.15, -0.1) is 0 Å². The summed E-state index contributed by atoms with van der Waals surface area (Å²) in [4.78, 5) is 22.6. The number of hydrogen-bond acceptors (Lipinski definition) is 3. The van der Waals surface area contributed by atoms with Crippen LogP contribution in [0.3, 0.4) is 0 Å². The Bertz CT molecular complexity index is 372.